The summed E-state index contributed by atoms with van der Waals surface area (Å²) in [4.78, 5) is 3.98. The molecule has 0 saturated carbocycles. The molecule has 2 heterocycles. The summed E-state index contributed by atoms with van der Waals surface area (Å²) < 4.78 is 1.81. The zero-order valence-corrected chi connectivity index (χ0v) is 6.88. The first-order chi connectivity index (χ1) is 6.33. The van der Waals surface area contributed by atoms with E-state index in [4.69, 9.17) is 11.0 Å². The van der Waals surface area contributed by atoms with E-state index in [1.807, 2.05) is 28.7 Å². The zero-order chi connectivity index (χ0) is 9.26. The Kier molecular flexibility index (Phi) is 2.85. The van der Waals surface area contributed by atoms with Crippen molar-refractivity contribution < 1.29 is 0 Å². The van der Waals surface area contributed by atoms with Crippen molar-refractivity contribution >= 4 is 5.52 Å². The van der Waals surface area contributed by atoms with Crippen LogP contribution in [0.5, 0.6) is 0 Å². The summed E-state index contributed by atoms with van der Waals surface area (Å²) in [7, 11) is 0. The molecule has 0 bridgehead atoms. The predicted molar refractivity (Wildman–Crippen MR) is 54.5 cm³/mol. The first-order valence-electron chi connectivity index (χ1n) is 3.89. The van der Waals surface area contributed by atoms with E-state index in [1.165, 1.54) is 0 Å². The van der Waals surface area contributed by atoms with E-state index in [0.717, 1.165) is 11.2 Å². The van der Waals surface area contributed by atoms with Gasteiger partial charge in [-0.3, -0.25) is 0 Å². The van der Waals surface area contributed by atoms with E-state index in [9.17, 15) is 0 Å². The highest BCUT2D eigenvalue weighted by atomic mass is 15.0. The molecule has 2 rings (SSSR count). The van der Waals surface area contributed by atoms with E-state index >= 15 is 0 Å². The van der Waals surface area contributed by atoms with Crippen LogP contribution in [-0.2, 0) is 0 Å². The molecule has 0 fully saturated rings. The number of nitrogens with two attached hydrogens (primary N) is 1. The van der Waals surface area contributed by atoms with Crippen molar-refractivity contribution in [1.82, 2.24) is 9.38 Å². The molecule has 1 atom stereocenters. The van der Waals surface area contributed by atoms with Crippen molar-refractivity contribution in [3.05, 3.63) is 36.4 Å². The van der Waals surface area contributed by atoms with Crippen LogP contribution in [0, 0.1) is 11.3 Å². The maximum atomic E-state index is 8.68. The summed E-state index contributed by atoms with van der Waals surface area (Å²) in [5.74, 6) is 0. The number of hydrogen-bond donors (Lipinski definition) is 1. The minimum absolute atomic E-state index is 0. The van der Waals surface area contributed by atoms with E-state index in [-0.39, 0.29) is 7.43 Å². The van der Waals surface area contributed by atoms with Crippen LogP contribution in [0.25, 0.3) is 5.52 Å². The maximum Gasteiger partial charge on any atom is 0.134 e. The van der Waals surface area contributed by atoms with Crippen LogP contribution in [0.1, 0.15) is 19.2 Å². The molecule has 72 valence electrons. The highest BCUT2D eigenvalue weighted by molar-refractivity contribution is 5.46. The van der Waals surface area contributed by atoms with Gasteiger partial charge in [0.25, 0.3) is 0 Å². The number of hydrogen-bond acceptors (Lipinski definition) is 3. The monoisotopic (exact) mass is 188 g/mol. The number of rotatable bonds is 1. The molecular formula is C10H12N4. The van der Waals surface area contributed by atoms with E-state index in [0.29, 0.717) is 0 Å². The summed E-state index contributed by atoms with van der Waals surface area (Å²) in [6.45, 7) is 0. The summed E-state index contributed by atoms with van der Waals surface area (Å²) in [5, 5.41) is 8.68. The van der Waals surface area contributed by atoms with E-state index in [1.54, 1.807) is 12.5 Å². The van der Waals surface area contributed by atoms with Gasteiger partial charge in [-0.15, -0.1) is 0 Å². The Morgan fingerprint density at radius 3 is 3.00 bits per heavy atom. The minimum atomic E-state index is -0.599. The average Bonchev–Trinajstić information content (AvgIpc) is 2.63. The van der Waals surface area contributed by atoms with Crippen molar-refractivity contribution in [1.29, 1.82) is 5.26 Å². The Morgan fingerprint density at radius 1 is 1.50 bits per heavy atom. The second-order valence-corrected chi connectivity index (χ2v) is 2.75. The van der Waals surface area contributed by atoms with Crippen LogP contribution in [0.2, 0.25) is 0 Å². The van der Waals surface area contributed by atoms with E-state index < -0.39 is 6.04 Å². The zero-order valence-electron chi connectivity index (χ0n) is 6.88. The molecule has 14 heavy (non-hydrogen) atoms. The molecule has 0 aliphatic rings. The fourth-order valence-electron chi connectivity index (χ4n) is 1.29. The summed E-state index contributed by atoms with van der Waals surface area (Å²) in [6, 6.07) is 7.00. The van der Waals surface area contributed by atoms with Crippen molar-refractivity contribution in [3.63, 3.8) is 0 Å². The van der Waals surface area contributed by atoms with Gasteiger partial charge in [-0.05, 0) is 12.1 Å². The summed E-state index contributed by atoms with van der Waals surface area (Å²) in [6.07, 6.45) is 3.38. The lowest BCUT2D eigenvalue weighted by Gasteiger charge is -2.05. The van der Waals surface area contributed by atoms with Crippen LogP contribution in [0.3, 0.4) is 0 Å². The van der Waals surface area contributed by atoms with Gasteiger partial charge in [0, 0.05) is 0 Å². The number of nitrogens with zero attached hydrogens (tertiary/aromatic N) is 3. The Morgan fingerprint density at radius 2 is 2.29 bits per heavy atom. The van der Waals surface area contributed by atoms with Crippen LogP contribution in [0.4, 0.5) is 0 Å². The fourth-order valence-corrected chi connectivity index (χ4v) is 1.29. The molecule has 0 aromatic carbocycles. The van der Waals surface area contributed by atoms with Gasteiger partial charge in [0.05, 0.1) is 29.8 Å². The third kappa shape index (κ3) is 1.45. The van der Waals surface area contributed by atoms with E-state index in [2.05, 4.69) is 4.98 Å². The van der Waals surface area contributed by atoms with Gasteiger partial charge in [-0.1, -0.05) is 13.5 Å². The first kappa shape index (κ1) is 10.2. The molecule has 0 amide bonds. The van der Waals surface area contributed by atoms with Gasteiger partial charge < -0.3 is 10.1 Å². The largest absolute Gasteiger partial charge is 0.311 e. The second kappa shape index (κ2) is 3.90. The molecule has 2 aromatic heterocycles. The number of nitriles is 1. The van der Waals surface area contributed by atoms with Gasteiger partial charge in [-0.25, -0.2) is 4.98 Å². The normalized spacial score (nSPS) is 11.7. The Hall–Kier alpha value is -1.86. The SMILES string of the molecule is C.N#CC(N)c1cccc2cncn12. The van der Waals surface area contributed by atoms with Gasteiger partial charge in [0.1, 0.15) is 6.04 Å². The molecule has 0 saturated heterocycles. The minimum Gasteiger partial charge on any atom is -0.311 e. The molecule has 1 unspecified atom stereocenters. The molecule has 2 aromatic rings. The predicted octanol–water partition coefficient (Wildman–Crippen LogP) is 1.49. The van der Waals surface area contributed by atoms with Crippen molar-refractivity contribution in [2.45, 2.75) is 13.5 Å². The Labute approximate surface area is 82.6 Å². The molecule has 0 aliphatic carbocycles. The molecule has 4 heteroatoms. The topological polar surface area (TPSA) is 67.1 Å². The number of pyridine rings is 1. The van der Waals surface area contributed by atoms with Crippen molar-refractivity contribution in [2.75, 3.05) is 0 Å². The summed E-state index contributed by atoms with van der Waals surface area (Å²) >= 11 is 0. The quantitative estimate of drug-likeness (QED) is 0.737. The highest BCUT2D eigenvalue weighted by Gasteiger charge is 2.07. The average molecular weight is 188 g/mol. The molecule has 0 aliphatic heterocycles. The third-order valence-electron chi connectivity index (χ3n) is 1.94. The molecule has 0 spiro atoms. The standard InChI is InChI=1S/C9H8N4.CH4/c10-4-8(11)9-3-1-2-7-5-12-6-13(7)9;/h1-3,5-6,8H,11H2;1H4. The van der Waals surface area contributed by atoms with Gasteiger partial charge >= 0.3 is 0 Å². The van der Waals surface area contributed by atoms with Crippen molar-refractivity contribution in [3.8, 4) is 6.07 Å². The van der Waals surface area contributed by atoms with Crippen molar-refractivity contribution in [2.24, 2.45) is 5.73 Å². The lowest BCUT2D eigenvalue weighted by molar-refractivity contribution is 0.846. The van der Waals surface area contributed by atoms with Crippen LogP contribution in [-0.4, -0.2) is 9.38 Å². The molecule has 2 N–H and O–H groups in total. The fraction of sp³-hybridized carbons (Fsp3) is 0.200. The lowest BCUT2D eigenvalue weighted by Crippen LogP contribution is -2.11. The maximum absolute atomic E-state index is 8.68. The summed E-state index contributed by atoms with van der Waals surface area (Å²) in [5.41, 5.74) is 7.32. The number of aromatic nitrogens is 2. The second-order valence-electron chi connectivity index (χ2n) is 2.75. The van der Waals surface area contributed by atoms with Gasteiger partial charge in [0.2, 0.25) is 0 Å². The smallest absolute Gasteiger partial charge is 0.134 e. The Balaban J connectivity index is 0.000000980. The van der Waals surface area contributed by atoms with Gasteiger partial charge in [0.15, 0.2) is 0 Å². The number of imidazole rings is 1. The number of fused-ring (bicyclic) bond motifs is 1. The molecule has 4 nitrogen and oxygen atoms in total. The van der Waals surface area contributed by atoms with Crippen LogP contribution < -0.4 is 5.73 Å². The Bertz CT molecular complexity index is 466. The first-order valence-corrected chi connectivity index (χ1v) is 3.89. The van der Waals surface area contributed by atoms with Gasteiger partial charge in [-0.2, -0.15) is 5.26 Å². The molecular weight excluding hydrogens is 176 g/mol. The van der Waals surface area contributed by atoms with Crippen LogP contribution in [0.15, 0.2) is 30.7 Å². The molecule has 0 radical (unpaired) electrons. The lowest BCUT2D eigenvalue weighted by atomic mass is 10.2. The third-order valence-corrected chi connectivity index (χ3v) is 1.94. The van der Waals surface area contributed by atoms with Crippen LogP contribution >= 0.6 is 0 Å². The highest BCUT2D eigenvalue weighted by Crippen LogP contribution is 2.12.